The molecule has 19 heteroatoms. The second-order valence-electron chi connectivity index (χ2n) is 30.3. The maximum absolute atomic E-state index is 14.0. The Balaban J connectivity index is 1.12. The highest BCUT2D eigenvalue weighted by Gasteiger charge is 2.36. The summed E-state index contributed by atoms with van der Waals surface area (Å²) in [5, 5.41) is 0. The van der Waals surface area contributed by atoms with Crippen LogP contribution in [0.3, 0.4) is 0 Å². The topological polar surface area (TPSA) is 93.2 Å². The van der Waals surface area contributed by atoms with Gasteiger partial charge in [0.05, 0.1) is 23.0 Å². The minimum Gasteiger partial charge on any atom is -0.465 e. The SMILES string of the molecule is CCCCCCCCc1cc(/C=C2/SC(=S)N(CC(=O)OCC)C2=O)sc1-c1cc(CCCCCCCC)c(-c2cc(CCCCCCCC)c(-c3ccc(-c4sc(-c5sc(-c6sc(/C=C7/SC(=S)N(CC(=O)OCC)C7=O)cc6CCCCCCCC)cc5CCCCCCCC)cc4CCCCCCCC)s3)s2)s1. The second-order valence-corrected chi connectivity index (χ2v) is 41.1. The van der Waals surface area contributed by atoms with Gasteiger partial charge < -0.3 is 9.47 Å². The molecule has 0 saturated carbocycles. The van der Waals surface area contributed by atoms with E-state index in [4.69, 9.17) is 33.9 Å². The third-order valence-electron chi connectivity index (χ3n) is 21.1. The van der Waals surface area contributed by atoms with Crippen LogP contribution in [0.2, 0.25) is 0 Å². The minimum atomic E-state index is -0.450. The van der Waals surface area contributed by atoms with Crippen LogP contribution in [0.5, 0.6) is 0 Å². The molecule has 606 valence electrons. The maximum atomic E-state index is 14.0. The quantitative estimate of drug-likeness (QED) is 0.0159. The molecule has 2 amide bonds. The number of carbonyl (C=O) groups is 4. The fraction of sp³-hybridized carbons (Fsp3) is 0.587. The summed E-state index contributed by atoms with van der Waals surface area (Å²) in [5.41, 5.74) is 8.62. The second kappa shape index (κ2) is 50.0. The van der Waals surface area contributed by atoms with E-state index in [1.165, 1.54) is 344 Å². The Bertz CT molecular complexity index is 3870. The van der Waals surface area contributed by atoms with Crippen molar-refractivity contribution in [1.29, 1.82) is 0 Å². The lowest BCUT2D eigenvalue weighted by Crippen LogP contribution is -2.34. The molecular weight excluding hydrogens is 1580 g/mol. The molecule has 0 aliphatic carbocycles. The highest BCUT2D eigenvalue weighted by Crippen LogP contribution is 2.53. The van der Waals surface area contributed by atoms with E-state index in [9.17, 15) is 19.2 Å². The molecule has 0 bridgehead atoms. The van der Waals surface area contributed by atoms with Crippen LogP contribution < -0.4 is 0 Å². The van der Waals surface area contributed by atoms with Gasteiger partial charge in [-0.2, -0.15) is 0 Å². The van der Waals surface area contributed by atoms with Crippen molar-refractivity contribution < 1.29 is 28.7 Å². The van der Waals surface area contributed by atoms with E-state index in [1.807, 2.05) is 68.8 Å². The van der Waals surface area contributed by atoms with Gasteiger partial charge in [0, 0.05) is 68.3 Å². The highest BCUT2D eigenvalue weighted by atomic mass is 32.2. The average Bonchev–Trinajstić information content (AvgIpc) is 1.62. The molecule has 9 heterocycles. The molecule has 0 atom stereocenters. The molecule has 0 unspecified atom stereocenters. The van der Waals surface area contributed by atoms with E-state index in [2.05, 4.69) is 90.1 Å². The Hall–Kier alpha value is -3.86. The molecule has 9 rings (SSSR count). The van der Waals surface area contributed by atoms with Gasteiger partial charge in [-0.05, 0) is 185 Å². The summed E-state index contributed by atoms with van der Waals surface area (Å²) in [6.45, 7) is 17.5. The Morgan fingerprint density at radius 1 is 0.315 bits per heavy atom. The van der Waals surface area contributed by atoms with Gasteiger partial charge in [0.25, 0.3) is 11.8 Å². The number of thiophene rings is 7. The van der Waals surface area contributed by atoms with Gasteiger partial charge in [0.2, 0.25) is 0 Å². The molecule has 111 heavy (non-hydrogen) atoms. The predicted molar refractivity (Wildman–Crippen MR) is 500 cm³/mol. The van der Waals surface area contributed by atoms with Crippen LogP contribution in [0.4, 0.5) is 0 Å². The van der Waals surface area contributed by atoms with Crippen molar-refractivity contribution in [3.63, 3.8) is 0 Å². The van der Waals surface area contributed by atoms with Crippen molar-refractivity contribution in [3.05, 3.63) is 101 Å². The maximum Gasteiger partial charge on any atom is 0.326 e. The standard InChI is InChI=1S/C92H126N2O6S11/c1-9-17-23-29-35-41-47-65-55-71(61-79-89(97)93(91(101)110-79)63-81(95)99-15-7)103-85(65)75-59-69(51-45-39-33-27-21-13-5)87(108-75)77-57-67(49-43-37-31-25-19-11-3)83(106-77)73-53-54-74(105-73)84-68(50-44-38-32-26-20-12-4)58-78(107-84)88-70(52-46-40-34-28-22-14-6)60-76(109-88)86-66(48-42-36-30-24-18-10-2)56-72(104-86)62-80-90(98)94(92(102)111-80)64-82(96)100-16-8/h53-62H,9-52,63-64H2,1-8H3/b79-61+,80-62+. The molecule has 2 saturated heterocycles. The number of hydrogen-bond donors (Lipinski definition) is 0. The van der Waals surface area contributed by atoms with E-state index in [0.29, 0.717) is 18.5 Å². The van der Waals surface area contributed by atoms with Gasteiger partial charge in [-0.3, -0.25) is 29.0 Å². The first-order chi connectivity index (χ1) is 54.2. The van der Waals surface area contributed by atoms with E-state index >= 15 is 0 Å². The number of hydrogen-bond acceptors (Lipinski definition) is 17. The number of rotatable bonds is 56. The Morgan fingerprint density at radius 2 is 0.550 bits per heavy atom. The zero-order chi connectivity index (χ0) is 78.7. The van der Waals surface area contributed by atoms with Gasteiger partial charge in [-0.1, -0.05) is 282 Å². The Kier molecular flexibility index (Phi) is 41.0. The van der Waals surface area contributed by atoms with Crippen LogP contribution in [-0.4, -0.2) is 68.5 Å². The fourth-order valence-corrected chi connectivity index (χ4v) is 26.6. The lowest BCUT2D eigenvalue weighted by Gasteiger charge is -2.12. The number of amides is 2. The van der Waals surface area contributed by atoms with Crippen molar-refractivity contribution in [2.24, 2.45) is 0 Å². The summed E-state index contributed by atoms with van der Waals surface area (Å²) in [6, 6.07) is 20.0. The molecule has 0 radical (unpaired) electrons. The zero-order valence-electron chi connectivity index (χ0n) is 68.1. The summed E-state index contributed by atoms with van der Waals surface area (Å²) in [5.74, 6) is -1.36. The van der Waals surface area contributed by atoms with Gasteiger partial charge in [-0.15, -0.1) is 79.4 Å². The van der Waals surface area contributed by atoms with Gasteiger partial charge in [0.15, 0.2) is 0 Å². The molecule has 2 fully saturated rings. The number of unbranched alkanes of at least 4 members (excludes halogenated alkanes) is 30. The van der Waals surface area contributed by atoms with Crippen molar-refractivity contribution in [3.8, 4) is 58.5 Å². The molecule has 0 aromatic carbocycles. The van der Waals surface area contributed by atoms with Crippen LogP contribution >= 0.6 is 127 Å². The van der Waals surface area contributed by atoms with Crippen molar-refractivity contribution in [2.45, 2.75) is 325 Å². The monoisotopic (exact) mass is 1710 g/mol. The molecule has 8 nitrogen and oxygen atoms in total. The van der Waals surface area contributed by atoms with Crippen molar-refractivity contribution >= 4 is 172 Å². The number of carbonyl (C=O) groups excluding carboxylic acids is 4. The molecule has 2 aliphatic rings. The molecular formula is C92H126N2O6S11. The lowest BCUT2D eigenvalue weighted by atomic mass is 10.0. The van der Waals surface area contributed by atoms with Crippen LogP contribution in [0.25, 0.3) is 70.7 Å². The number of thiocarbonyl (C=S) groups is 2. The van der Waals surface area contributed by atoms with Crippen molar-refractivity contribution in [1.82, 2.24) is 9.80 Å². The van der Waals surface area contributed by atoms with Gasteiger partial charge in [0.1, 0.15) is 21.7 Å². The Labute approximate surface area is 715 Å². The third-order valence-corrected chi connectivity index (χ3v) is 33.0. The molecule has 0 spiro atoms. The summed E-state index contributed by atoms with van der Waals surface area (Å²) in [4.78, 5) is 75.7. The predicted octanol–water partition coefficient (Wildman–Crippen LogP) is 31.1. The van der Waals surface area contributed by atoms with E-state index in [1.54, 1.807) is 36.5 Å². The van der Waals surface area contributed by atoms with E-state index in [0.717, 1.165) is 61.1 Å². The zero-order valence-corrected chi connectivity index (χ0v) is 77.1. The summed E-state index contributed by atoms with van der Waals surface area (Å²) in [7, 11) is 0. The third kappa shape index (κ3) is 27.9. The van der Waals surface area contributed by atoms with E-state index in [-0.39, 0.29) is 38.1 Å². The number of aryl methyl sites for hydroxylation is 6. The van der Waals surface area contributed by atoms with Crippen LogP contribution in [0, 0.1) is 0 Å². The first-order valence-corrected chi connectivity index (χ1v) is 51.1. The molecule has 0 N–H and O–H groups in total. The van der Waals surface area contributed by atoms with E-state index < -0.39 is 11.9 Å². The van der Waals surface area contributed by atoms with Crippen LogP contribution in [0.15, 0.2) is 58.3 Å². The van der Waals surface area contributed by atoms with Gasteiger partial charge >= 0.3 is 11.9 Å². The first kappa shape index (κ1) is 91.0. The number of esters is 2. The number of nitrogens with zero attached hydrogens (tertiary/aromatic N) is 2. The van der Waals surface area contributed by atoms with Crippen molar-refractivity contribution in [2.75, 3.05) is 26.3 Å². The summed E-state index contributed by atoms with van der Waals surface area (Å²) >= 11 is 27.7. The molecule has 7 aromatic heterocycles. The number of ether oxygens (including phenoxy) is 2. The minimum absolute atomic E-state index is 0.174. The highest BCUT2D eigenvalue weighted by molar-refractivity contribution is 8.27. The fourth-order valence-electron chi connectivity index (χ4n) is 14.9. The van der Waals surface area contributed by atoms with Gasteiger partial charge in [-0.25, -0.2) is 0 Å². The van der Waals surface area contributed by atoms with Crippen LogP contribution in [0.1, 0.15) is 330 Å². The molecule has 7 aromatic rings. The summed E-state index contributed by atoms with van der Waals surface area (Å²) < 4.78 is 11.3. The normalized spacial score (nSPS) is 14.1. The first-order valence-electron chi connectivity index (χ1n) is 42.9. The number of thioether (sulfide) groups is 2. The lowest BCUT2D eigenvalue weighted by molar-refractivity contribution is -0.146. The summed E-state index contributed by atoms with van der Waals surface area (Å²) in [6.07, 6.45) is 55.1. The Morgan fingerprint density at radius 3 is 0.811 bits per heavy atom. The van der Waals surface area contributed by atoms with Crippen LogP contribution in [-0.2, 0) is 67.2 Å². The average molecular weight is 1710 g/mol. The smallest absolute Gasteiger partial charge is 0.326 e. The largest absolute Gasteiger partial charge is 0.465 e. The molecule has 2 aliphatic heterocycles.